The summed E-state index contributed by atoms with van der Waals surface area (Å²) < 4.78 is 5.06. The fourth-order valence-electron chi connectivity index (χ4n) is 1.93. The molecule has 112 valence electrons. The summed E-state index contributed by atoms with van der Waals surface area (Å²) in [6.45, 7) is 5.86. The maximum absolute atomic E-state index is 12.1. The van der Waals surface area contributed by atoms with Crippen molar-refractivity contribution in [2.45, 2.75) is 27.2 Å². The third-order valence-electron chi connectivity index (χ3n) is 2.82. The quantitative estimate of drug-likeness (QED) is 0.811. The molecule has 0 atom stereocenters. The van der Waals surface area contributed by atoms with Crippen LogP contribution in [0.4, 0.5) is 5.00 Å². The number of rotatable bonds is 5. The van der Waals surface area contributed by atoms with Gasteiger partial charge in [0.05, 0.1) is 12.2 Å². The fourth-order valence-corrected chi connectivity index (χ4v) is 3.06. The Labute approximate surface area is 124 Å². The maximum Gasteiger partial charge on any atom is 0.341 e. The molecule has 0 aliphatic rings. The molecule has 0 saturated heterocycles. The number of aromatic nitrogens is 4. The second-order valence-corrected chi connectivity index (χ2v) is 5.33. The molecule has 0 bridgehead atoms. The summed E-state index contributed by atoms with van der Waals surface area (Å²) in [6.07, 6.45) is 0.675. The monoisotopic (exact) mass is 309 g/mol. The van der Waals surface area contributed by atoms with E-state index >= 15 is 0 Å². The SMILES string of the molecule is CCOC(=O)c1c(NC(=O)c2nn[nH]n2)sc(C)c1CC. The normalized spacial score (nSPS) is 10.4. The van der Waals surface area contributed by atoms with Crippen molar-refractivity contribution in [3.05, 3.63) is 21.8 Å². The predicted octanol–water partition coefficient (Wildman–Crippen LogP) is 1.56. The van der Waals surface area contributed by atoms with Gasteiger partial charge in [0.1, 0.15) is 5.00 Å². The Morgan fingerprint density at radius 2 is 2.14 bits per heavy atom. The van der Waals surface area contributed by atoms with Gasteiger partial charge in [0, 0.05) is 4.88 Å². The summed E-state index contributed by atoms with van der Waals surface area (Å²) in [5.74, 6) is -1.06. The van der Waals surface area contributed by atoms with E-state index in [1.54, 1.807) is 6.92 Å². The van der Waals surface area contributed by atoms with Gasteiger partial charge < -0.3 is 10.1 Å². The molecule has 21 heavy (non-hydrogen) atoms. The molecule has 9 heteroatoms. The molecule has 0 unspecified atom stereocenters. The standard InChI is InChI=1S/C12H15N5O3S/c1-4-7-6(3)21-11(8(7)12(19)20-5-2)13-10(18)9-14-16-17-15-9/h4-5H2,1-3H3,(H,13,18)(H,14,15,16,17). The van der Waals surface area contributed by atoms with E-state index in [9.17, 15) is 9.59 Å². The van der Waals surface area contributed by atoms with Crippen molar-refractivity contribution < 1.29 is 14.3 Å². The number of aryl methyl sites for hydroxylation is 1. The lowest BCUT2D eigenvalue weighted by Crippen LogP contribution is -2.16. The first-order valence-corrected chi connectivity index (χ1v) is 7.24. The number of anilines is 1. The van der Waals surface area contributed by atoms with Crippen molar-refractivity contribution >= 4 is 28.2 Å². The zero-order valence-electron chi connectivity index (χ0n) is 11.9. The molecule has 0 saturated carbocycles. The molecule has 0 aliphatic heterocycles. The molecule has 2 aromatic rings. The Kier molecular flexibility index (Phi) is 4.63. The molecule has 0 aliphatic carbocycles. The van der Waals surface area contributed by atoms with Crippen molar-refractivity contribution in [1.29, 1.82) is 0 Å². The molecule has 0 aromatic carbocycles. The Morgan fingerprint density at radius 3 is 2.71 bits per heavy atom. The molecule has 0 fully saturated rings. The maximum atomic E-state index is 12.1. The average molecular weight is 309 g/mol. The number of hydrogen-bond acceptors (Lipinski definition) is 7. The van der Waals surface area contributed by atoms with E-state index in [1.165, 1.54) is 11.3 Å². The smallest absolute Gasteiger partial charge is 0.341 e. The minimum absolute atomic E-state index is 0.0890. The van der Waals surface area contributed by atoms with Gasteiger partial charge in [-0.15, -0.1) is 21.5 Å². The first-order chi connectivity index (χ1) is 10.1. The lowest BCUT2D eigenvalue weighted by Gasteiger charge is -2.06. The van der Waals surface area contributed by atoms with Crippen molar-refractivity contribution in [3.63, 3.8) is 0 Å². The Hall–Kier alpha value is -2.29. The molecule has 0 spiro atoms. The van der Waals surface area contributed by atoms with Crippen LogP contribution >= 0.6 is 11.3 Å². The number of ether oxygens (including phenoxy) is 1. The molecule has 0 radical (unpaired) electrons. The van der Waals surface area contributed by atoms with Crippen molar-refractivity contribution in [2.75, 3.05) is 11.9 Å². The zero-order valence-corrected chi connectivity index (χ0v) is 12.7. The Morgan fingerprint density at radius 1 is 1.38 bits per heavy atom. The zero-order chi connectivity index (χ0) is 15.4. The highest BCUT2D eigenvalue weighted by Gasteiger charge is 2.24. The van der Waals surface area contributed by atoms with Gasteiger partial charge in [-0.3, -0.25) is 4.79 Å². The first-order valence-electron chi connectivity index (χ1n) is 6.42. The third-order valence-corrected chi connectivity index (χ3v) is 3.88. The Bertz CT molecular complexity index is 650. The van der Waals surface area contributed by atoms with Crippen LogP contribution in [0.5, 0.6) is 0 Å². The van der Waals surface area contributed by atoms with E-state index in [0.29, 0.717) is 17.0 Å². The highest BCUT2D eigenvalue weighted by molar-refractivity contribution is 7.16. The van der Waals surface area contributed by atoms with Gasteiger partial charge in [0.2, 0.25) is 0 Å². The number of nitrogens with zero attached hydrogens (tertiary/aromatic N) is 3. The number of tetrazole rings is 1. The molecule has 2 rings (SSSR count). The summed E-state index contributed by atoms with van der Waals surface area (Å²) in [4.78, 5) is 25.0. The average Bonchev–Trinajstić information content (AvgIpc) is 3.06. The van der Waals surface area contributed by atoms with Gasteiger partial charge in [-0.05, 0) is 31.0 Å². The van der Waals surface area contributed by atoms with Gasteiger partial charge >= 0.3 is 5.97 Å². The van der Waals surface area contributed by atoms with E-state index in [1.807, 2.05) is 13.8 Å². The highest BCUT2D eigenvalue weighted by Crippen LogP contribution is 2.34. The van der Waals surface area contributed by atoms with Crippen LogP contribution in [0.2, 0.25) is 0 Å². The van der Waals surface area contributed by atoms with Crippen LogP contribution in [0.15, 0.2) is 0 Å². The molecule has 2 aromatic heterocycles. The van der Waals surface area contributed by atoms with Crippen LogP contribution in [0.25, 0.3) is 0 Å². The van der Waals surface area contributed by atoms with Gasteiger partial charge in [0.15, 0.2) is 0 Å². The minimum Gasteiger partial charge on any atom is -0.462 e. The number of amides is 1. The van der Waals surface area contributed by atoms with Crippen molar-refractivity contribution in [2.24, 2.45) is 0 Å². The number of hydrogen-bond donors (Lipinski definition) is 2. The lowest BCUT2D eigenvalue weighted by molar-refractivity contribution is 0.0527. The van der Waals surface area contributed by atoms with E-state index in [4.69, 9.17) is 4.74 Å². The van der Waals surface area contributed by atoms with Crippen LogP contribution in [0.3, 0.4) is 0 Å². The van der Waals surface area contributed by atoms with Crippen LogP contribution in [-0.4, -0.2) is 39.1 Å². The highest BCUT2D eigenvalue weighted by atomic mass is 32.1. The molecular formula is C12H15N5O3S. The number of aromatic amines is 1. The summed E-state index contributed by atoms with van der Waals surface area (Å²) >= 11 is 1.33. The van der Waals surface area contributed by atoms with Crippen LogP contribution in [-0.2, 0) is 11.2 Å². The van der Waals surface area contributed by atoms with Crippen molar-refractivity contribution in [1.82, 2.24) is 20.6 Å². The van der Waals surface area contributed by atoms with Crippen molar-refractivity contribution in [3.8, 4) is 0 Å². The topological polar surface area (TPSA) is 110 Å². The number of nitrogens with one attached hydrogen (secondary N) is 2. The fraction of sp³-hybridized carbons (Fsp3) is 0.417. The van der Waals surface area contributed by atoms with Gasteiger partial charge in [-0.25, -0.2) is 4.79 Å². The second kappa shape index (κ2) is 6.44. The summed E-state index contributed by atoms with van der Waals surface area (Å²) in [5.41, 5.74) is 1.28. The van der Waals surface area contributed by atoms with Gasteiger partial charge in [0.25, 0.3) is 11.7 Å². The van der Waals surface area contributed by atoms with E-state index in [-0.39, 0.29) is 12.4 Å². The summed E-state index contributed by atoms with van der Waals surface area (Å²) in [7, 11) is 0. The van der Waals surface area contributed by atoms with Gasteiger partial charge in [-0.2, -0.15) is 5.21 Å². The number of carbonyl (C=O) groups is 2. The molecule has 2 heterocycles. The van der Waals surface area contributed by atoms with E-state index in [2.05, 4.69) is 25.9 Å². The second-order valence-electron chi connectivity index (χ2n) is 4.10. The number of carbonyl (C=O) groups excluding carboxylic acids is 2. The largest absolute Gasteiger partial charge is 0.462 e. The molecule has 2 N–H and O–H groups in total. The summed E-state index contributed by atoms with van der Waals surface area (Å²) in [5, 5.41) is 15.8. The third kappa shape index (κ3) is 3.07. The van der Waals surface area contributed by atoms with Crippen LogP contribution in [0.1, 0.15) is 45.3 Å². The molecule has 1 amide bonds. The Balaban J connectivity index is 2.34. The summed E-state index contributed by atoms with van der Waals surface area (Å²) in [6, 6.07) is 0. The van der Waals surface area contributed by atoms with Gasteiger partial charge in [-0.1, -0.05) is 6.92 Å². The van der Waals surface area contributed by atoms with Crippen LogP contribution in [0, 0.1) is 6.92 Å². The molecular weight excluding hydrogens is 294 g/mol. The predicted molar refractivity (Wildman–Crippen MR) is 76.5 cm³/mol. The van der Waals surface area contributed by atoms with Crippen LogP contribution < -0.4 is 5.32 Å². The number of thiophene rings is 1. The van der Waals surface area contributed by atoms with E-state index in [0.717, 1.165) is 10.4 Å². The number of H-pyrrole nitrogens is 1. The van der Waals surface area contributed by atoms with E-state index < -0.39 is 11.9 Å². The molecule has 8 nitrogen and oxygen atoms in total. The number of esters is 1. The minimum atomic E-state index is -0.529. The first kappa shape index (κ1) is 15.1. The lowest BCUT2D eigenvalue weighted by atomic mass is 10.1.